The number of rotatable bonds is 3. The molecule has 0 bridgehead atoms. The Bertz CT molecular complexity index is 400. The summed E-state index contributed by atoms with van der Waals surface area (Å²) in [5.74, 6) is -0.177. The quantitative estimate of drug-likeness (QED) is 0.922. The van der Waals surface area contributed by atoms with Gasteiger partial charge in [0.1, 0.15) is 5.82 Å². The highest BCUT2D eigenvalue weighted by Crippen LogP contribution is 2.32. The molecule has 0 amide bonds. The molecule has 1 aromatic rings. The molecule has 3 rings (SSSR count). The molecule has 4 heteroatoms. The summed E-state index contributed by atoms with van der Waals surface area (Å²) in [7, 11) is 0. The Hall–Kier alpha value is -0.610. The van der Waals surface area contributed by atoms with E-state index < -0.39 is 0 Å². The van der Waals surface area contributed by atoms with Crippen molar-refractivity contribution in [2.75, 3.05) is 18.4 Å². The first-order chi connectivity index (χ1) is 8.24. The first-order valence-corrected chi connectivity index (χ1v) is 6.98. The maximum Gasteiger partial charge on any atom is 0.147 e. The first-order valence-electron chi connectivity index (χ1n) is 6.18. The Morgan fingerprint density at radius 2 is 2.12 bits per heavy atom. The monoisotopic (exact) mass is 298 g/mol. The number of para-hydroxylation sites is 1. The number of halogens is 2. The first kappa shape index (κ1) is 11.5. The van der Waals surface area contributed by atoms with Crippen molar-refractivity contribution in [3.63, 3.8) is 0 Å². The van der Waals surface area contributed by atoms with Gasteiger partial charge in [0, 0.05) is 29.6 Å². The van der Waals surface area contributed by atoms with Crippen LogP contribution in [0.25, 0.3) is 0 Å². The molecule has 1 atom stereocenters. The van der Waals surface area contributed by atoms with Crippen molar-refractivity contribution in [2.45, 2.75) is 31.3 Å². The van der Waals surface area contributed by atoms with Crippen molar-refractivity contribution in [1.29, 1.82) is 0 Å². The molecular weight excluding hydrogens is 283 g/mol. The molecule has 1 aliphatic carbocycles. The van der Waals surface area contributed by atoms with Crippen molar-refractivity contribution in [2.24, 2.45) is 0 Å². The predicted octanol–water partition coefficient (Wildman–Crippen LogP) is 3.24. The zero-order chi connectivity index (χ0) is 11.8. The number of nitrogens with one attached hydrogen (secondary N) is 1. The summed E-state index contributed by atoms with van der Waals surface area (Å²) < 4.78 is 14.5. The largest absolute Gasteiger partial charge is 0.378 e. The molecule has 2 nitrogen and oxygen atoms in total. The lowest BCUT2D eigenvalue weighted by Gasteiger charge is -2.17. The Morgan fingerprint density at radius 3 is 2.82 bits per heavy atom. The highest BCUT2D eigenvalue weighted by atomic mass is 79.9. The van der Waals surface area contributed by atoms with Crippen LogP contribution in [0.1, 0.15) is 19.3 Å². The van der Waals surface area contributed by atoms with E-state index in [1.54, 1.807) is 6.07 Å². The fraction of sp³-hybridized carbons (Fsp3) is 0.538. The number of benzene rings is 1. The molecule has 1 saturated heterocycles. The lowest BCUT2D eigenvalue weighted by Crippen LogP contribution is -2.28. The van der Waals surface area contributed by atoms with Crippen molar-refractivity contribution in [3.05, 3.63) is 28.5 Å². The topological polar surface area (TPSA) is 15.3 Å². The average Bonchev–Trinajstić information content (AvgIpc) is 3.05. The molecule has 92 valence electrons. The second kappa shape index (κ2) is 4.58. The van der Waals surface area contributed by atoms with Crippen LogP contribution in [-0.4, -0.2) is 30.1 Å². The molecule has 1 aromatic carbocycles. The molecule has 1 heterocycles. The molecule has 17 heavy (non-hydrogen) atoms. The van der Waals surface area contributed by atoms with Crippen molar-refractivity contribution in [1.82, 2.24) is 4.90 Å². The molecule has 2 aliphatic rings. The molecule has 2 fully saturated rings. The molecule has 0 spiro atoms. The third kappa shape index (κ3) is 2.47. The van der Waals surface area contributed by atoms with Gasteiger partial charge >= 0.3 is 0 Å². The molecule has 0 aromatic heterocycles. The highest BCUT2D eigenvalue weighted by Gasteiger charge is 2.34. The summed E-state index contributed by atoms with van der Waals surface area (Å²) in [6, 6.07) is 6.28. The van der Waals surface area contributed by atoms with E-state index in [0.29, 0.717) is 11.7 Å². The van der Waals surface area contributed by atoms with Crippen molar-refractivity contribution >= 4 is 21.6 Å². The summed E-state index contributed by atoms with van der Waals surface area (Å²) in [5, 5.41) is 3.33. The standard InChI is InChI=1S/C13H16BrFN2/c14-11-2-1-3-12(15)13(11)16-9-6-7-17(8-9)10-4-5-10/h1-3,9-10,16H,4-8H2. The van der Waals surface area contributed by atoms with Crippen LogP contribution in [0.5, 0.6) is 0 Å². The van der Waals surface area contributed by atoms with Crippen LogP contribution >= 0.6 is 15.9 Å². The molecule has 1 unspecified atom stereocenters. The number of nitrogens with zero attached hydrogens (tertiary/aromatic N) is 1. The molecular formula is C13H16BrFN2. The van der Waals surface area contributed by atoms with Crippen LogP contribution in [0, 0.1) is 5.82 Å². The van der Waals surface area contributed by atoms with Gasteiger partial charge in [-0.25, -0.2) is 4.39 Å². The lowest BCUT2D eigenvalue weighted by molar-refractivity contribution is 0.326. The van der Waals surface area contributed by atoms with Crippen LogP contribution in [-0.2, 0) is 0 Å². The fourth-order valence-electron chi connectivity index (χ4n) is 2.52. The zero-order valence-corrected chi connectivity index (χ0v) is 11.2. The van der Waals surface area contributed by atoms with Gasteiger partial charge in [-0.3, -0.25) is 4.90 Å². The van der Waals surface area contributed by atoms with Gasteiger partial charge in [0.05, 0.1) is 5.69 Å². The Morgan fingerprint density at radius 1 is 1.29 bits per heavy atom. The molecule has 1 aliphatic heterocycles. The highest BCUT2D eigenvalue weighted by molar-refractivity contribution is 9.10. The van der Waals surface area contributed by atoms with E-state index in [1.807, 2.05) is 6.07 Å². The second-order valence-corrected chi connectivity index (χ2v) is 5.81. The minimum Gasteiger partial charge on any atom is -0.378 e. The lowest BCUT2D eigenvalue weighted by atomic mass is 10.2. The van der Waals surface area contributed by atoms with E-state index in [1.165, 1.54) is 18.9 Å². The third-order valence-electron chi connectivity index (χ3n) is 3.59. The van der Waals surface area contributed by atoms with Crippen LogP contribution < -0.4 is 5.32 Å². The Kier molecular flexibility index (Phi) is 3.09. The number of anilines is 1. The number of likely N-dealkylation sites (tertiary alicyclic amines) is 1. The molecule has 1 N–H and O–H groups in total. The summed E-state index contributed by atoms with van der Waals surface area (Å²) in [5.41, 5.74) is 0.607. The van der Waals surface area contributed by atoms with Crippen molar-refractivity contribution < 1.29 is 4.39 Å². The normalized spacial score (nSPS) is 25.2. The van der Waals surface area contributed by atoms with Gasteiger partial charge in [-0.2, -0.15) is 0 Å². The van der Waals surface area contributed by atoms with Gasteiger partial charge in [0.2, 0.25) is 0 Å². The van der Waals surface area contributed by atoms with E-state index in [2.05, 4.69) is 26.1 Å². The van der Waals surface area contributed by atoms with Crippen molar-refractivity contribution in [3.8, 4) is 0 Å². The summed E-state index contributed by atoms with van der Waals surface area (Å²) >= 11 is 3.39. The van der Waals surface area contributed by atoms with E-state index >= 15 is 0 Å². The Labute approximate surface area is 109 Å². The SMILES string of the molecule is Fc1cccc(Br)c1NC1CCN(C2CC2)C1. The zero-order valence-electron chi connectivity index (χ0n) is 9.63. The summed E-state index contributed by atoms with van der Waals surface area (Å²) in [6.07, 6.45) is 3.80. The number of hydrogen-bond donors (Lipinski definition) is 1. The Balaban J connectivity index is 1.67. The smallest absolute Gasteiger partial charge is 0.147 e. The van der Waals surface area contributed by atoms with Crippen LogP contribution in [0.2, 0.25) is 0 Å². The van der Waals surface area contributed by atoms with E-state index in [0.717, 1.165) is 30.0 Å². The van der Waals surface area contributed by atoms with Crippen LogP contribution in [0.15, 0.2) is 22.7 Å². The van der Waals surface area contributed by atoms with Crippen LogP contribution in [0.4, 0.5) is 10.1 Å². The van der Waals surface area contributed by atoms with Gasteiger partial charge in [-0.15, -0.1) is 0 Å². The summed E-state index contributed by atoms with van der Waals surface area (Å²) in [6.45, 7) is 2.19. The minimum absolute atomic E-state index is 0.177. The van der Waals surface area contributed by atoms with Gasteiger partial charge in [-0.1, -0.05) is 6.07 Å². The maximum absolute atomic E-state index is 13.7. The number of hydrogen-bond acceptors (Lipinski definition) is 2. The van der Waals surface area contributed by atoms with Gasteiger partial charge in [-0.05, 0) is 47.3 Å². The second-order valence-electron chi connectivity index (χ2n) is 4.95. The fourth-order valence-corrected chi connectivity index (χ4v) is 2.97. The van der Waals surface area contributed by atoms with Gasteiger partial charge < -0.3 is 5.32 Å². The predicted molar refractivity (Wildman–Crippen MR) is 70.7 cm³/mol. The minimum atomic E-state index is -0.177. The van der Waals surface area contributed by atoms with Crippen LogP contribution in [0.3, 0.4) is 0 Å². The summed E-state index contributed by atoms with van der Waals surface area (Å²) in [4.78, 5) is 2.52. The van der Waals surface area contributed by atoms with E-state index in [-0.39, 0.29) is 5.82 Å². The molecule has 0 radical (unpaired) electrons. The van der Waals surface area contributed by atoms with E-state index in [9.17, 15) is 4.39 Å². The molecule has 1 saturated carbocycles. The maximum atomic E-state index is 13.7. The third-order valence-corrected chi connectivity index (χ3v) is 4.25. The average molecular weight is 299 g/mol. The van der Waals surface area contributed by atoms with Gasteiger partial charge in [0.25, 0.3) is 0 Å². The van der Waals surface area contributed by atoms with E-state index in [4.69, 9.17) is 0 Å². The van der Waals surface area contributed by atoms with Gasteiger partial charge in [0.15, 0.2) is 0 Å².